The second-order valence-electron chi connectivity index (χ2n) is 3.92. The molecule has 0 amide bonds. The molecule has 0 aliphatic carbocycles. The third-order valence-electron chi connectivity index (χ3n) is 2.84. The molecule has 1 aromatic rings. The van der Waals surface area contributed by atoms with Crippen LogP contribution >= 0.6 is 34.7 Å². The highest BCUT2D eigenvalue weighted by atomic mass is 35.5. The van der Waals surface area contributed by atoms with Crippen LogP contribution in [0.2, 0.25) is 5.02 Å². The molecule has 1 aliphatic heterocycles. The van der Waals surface area contributed by atoms with Gasteiger partial charge in [-0.3, -0.25) is 4.90 Å². The zero-order valence-corrected chi connectivity index (χ0v) is 11.6. The first-order valence-corrected chi connectivity index (χ1v) is 7.98. The molecule has 0 saturated carbocycles. The van der Waals surface area contributed by atoms with Gasteiger partial charge in [0.1, 0.15) is 0 Å². The zero-order chi connectivity index (χ0) is 11.4. The van der Waals surface area contributed by atoms with E-state index in [4.69, 9.17) is 17.3 Å². The molecular weight excluding hydrogens is 260 g/mol. The van der Waals surface area contributed by atoms with E-state index < -0.39 is 0 Å². The van der Waals surface area contributed by atoms with Crippen LogP contribution in [0.25, 0.3) is 0 Å². The highest BCUT2D eigenvalue weighted by Crippen LogP contribution is 2.29. The second-order valence-corrected chi connectivity index (χ2v) is 6.52. The van der Waals surface area contributed by atoms with Crippen molar-refractivity contribution >= 4 is 34.7 Å². The van der Waals surface area contributed by atoms with Crippen molar-refractivity contribution in [3.63, 3.8) is 0 Å². The van der Waals surface area contributed by atoms with E-state index in [-0.39, 0.29) is 0 Å². The Balaban J connectivity index is 2.08. The summed E-state index contributed by atoms with van der Waals surface area (Å²) in [5, 5.41) is 2.83. The van der Waals surface area contributed by atoms with Crippen LogP contribution in [0.4, 0.5) is 0 Å². The van der Waals surface area contributed by atoms with Gasteiger partial charge in [-0.15, -0.1) is 11.3 Å². The predicted octanol–water partition coefficient (Wildman–Crippen LogP) is 2.84. The number of thiophene rings is 1. The van der Waals surface area contributed by atoms with Gasteiger partial charge in [-0.05, 0) is 24.8 Å². The number of nitrogens with two attached hydrogens (primary N) is 1. The molecule has 90 valence electrons. The molecular formula is C11H17ClN2S2. The molecule has 1 fully saturated rings. The monoisotopic (exact) mass is 276 g/mol. The van der Waals surface area contributed by atoms with E-state index in [1.165, 1.54) is 22.8 Å². The summed E-state index contributed by atoms with van der Waals surface area (Å²) < 4.78 is 0. The topological polar surface area (TPSA) is 29.3 Å². The van der Waals surface area contributed by atoms with Crippen LogP contribution in [0.3, 0.4) is 0 Å². The Labute approximate surface area is 110 Å². The van der Waals surface area contributed by atoms with E-state index in [1.54, 1.807) is 11.3 Å². The second kappa shape index (κ2) is 6.26. The summed E-state index contributed by atoms with van der Waals surface area (Å²) in [5.41, 5.74) is 5.91. The molecule has 2 rings (SSSR count). The lowest BCUT2D eigenvalue weighted by Gasteiger charge is -2.28. The van der Waals surface area contributed by atoms with Crippen LogP contribution in [-0.4, -0.2) is 36.0 Å². The molecule has 2 N–H and O–H groups in total. The molecule has 1 aliphatic rings. The highest BCUT2D eigenvalue weighted by molar-refractivity contribution is 7.99. The molecule has 0 bridgehead atoms. The number of halogens is 1. The van der Waals surface area contributed by atoms with Crippen LogP contribution < -0.4 is 5.73 Å². The van der Waals surface area contributed by atoms with Crippen molar-refractivity contribution in [2.24, 2.45) is 5.73 Å². The minimum atomic E-state index is 0.358. The Morgan fingerprint density at radius 1 is 1.44 bits per heavy atom. The molecule has 1 saturated heterocycles. The molecule has 1 unspecified atom stereocenters. The number of hydrogen-bond acceptors (Lipinski definition) is 4. The third-order valence-corrected chi connectivity index (χ3v) is 5.27. The van der Waals surface area contributed by atoms with Gasteiger partial charge in [0.25, 0.3) is 0 Å². The average molecular weight is 277 g/mol. The van der Waals surface area contributed by atoms with Crippen molar-refractivity contribution in [3.05, 3.63) is 21.3 Å². The van der Waals surface area contributed by atoms with E-state index in [1.807, 2.05) is 17.1 Å². The van der Waals surface area contributed by atoms with Crippen molar-refractivity contribution in [1.82, 2.24) is 4.90 Å². The van der Waals surface area contributed by atoms with Crippen molar-refractivity contribution < 1.29 is 0 Å². The molecule has 2 nitrogen and oxygen atoms in total. The first-order valence-electron chi connectivity index (χ1n) is 5.57. The molecule has 1 aromatic heterocycles. The van der Waals surface area contributed by atoms with Crippen LogP contribution in [0.1, 0.15) is 17.3 Å². The zero-order valence-electron chi connectivity index (χ0n) is 9.19. The Kier molecular flexibility index (Phi) is 4.97. The van der Waals surface area contributed by atoms with E-state index in [2.05, 4.69) is 11.0 Å². The van der Waals surface area contributed by atoms with Gasteiger partial charge in [0.2, 0.25) is 0 Å². The molecule has 1 atom stereocenters. The lowest BCUT2D eigenvalue weighted by atomic mass is 10.2. The predicted molar refractivity (Wildman–Crippen MR) is 74.6 cm³/mol. The van der Waals surface area contributed by atoms with E-state index in [9.17, 15) is 0 Å². The normalized spacial score (nSPS) is 20.6. The van der Waals surface area contributed by atoms with Crippen LogP contribution in [-0.2, 0) is 0 Å². The summed E-state index contributed by atoms with van der Waals surface area (Å²) in [6, 6.07) is 2.41. The Bertz CT molecular complexity index is 322. The summed E-state index contributed by atoms with van der Waals surface area (Å²) in [6.45, 7) is 2.98. The van der Waals surface area contributed by atoms with Crippen LogP contribution in [0.15, 0.2) is 11.4 Å². The number of hydrogen-bond donors (Lipinski definition) is 1. The van der Waals surface area contributed by atoms with Gasteiger partial charge in [-0.25, -0.2) is 0 Å². The largest absolute Gasteiger partial charge is 0.329 e. The number of thioether (sulfide) groups is 1. The summed E-state index contributed by atoms with van der Waals surface area (Å²) >= 11 is 9.74. The maximum Gasteiger partial charge on any atom is 0.0565 e. The van der Waals surface area contributed by atoms with Gasteiger partial charge in [0.05, 0.1) is 11.1 Å². The fraction of sp³-hybridized carbons (Fsp3) is 0.636. The van der Waals surface area contributed by atoms with Crippen molar-refractivity contribution in [3.8, 4) is 0 Å². The molecule has 5 heteroatoms. The van der Waals surface area contributed by atoms with Gasteiger partial charge < -0.3 is 5.73 Å². The number of rotatable bonds is 3. The summed E-state index contributed by atoms with van der Waals surface area (Å²) in [5.74, 6) is 2.49. The number of nitrogens with zero attached hydrogens (tertiary/aromatic N) is 1. The smallest absolute Gasteiger partial charge is 0.0565 e. The standard InChI is InChI=1S/C11H17ClN2S2/c12-9-6-11(16-8-9)10(7-13)14-2-1-4-15-5-3-14/h6,8,10H,1-5,7,13H2. The average Bonchev–Trinajstić information content (AvgIpc) is 2.55. The van der Waals surface area contributed by atoms with Gasteiger partial charge >= 0.3 is 0 Å². The van der Waals surface area contributed by atoms with Crippen molar-refractivity contribution in [2.75, 3.05) is 31.1 Å². The van der Waals surface area contributed by atoms with Crippen molar-refractivity contribution in [2.45, 2.75) is 12.5 Å². The Morgan fingerprint density at radius 2 is 2.31 bits per heavy atom. The quantitative estimate of drug-likeness (QED) is 0.921. The van der Waals surface area contributed by atoms with Crippen molar-refractivity contribution in [1.29, 1.82) is 0 Å². The van der Waals surface area contributed by atoms with Gasteiger partial charge in [-0.1, -0.05) is 11.6 Å². The Morgan fingerprint density at radius 3 is 3.00 bits per heavy atom. The molecule has 2 heterocycles. The van der Waals surface area contributed by atoms with Gasteiger partial charge in [0, 0.05) is 29.1 Å². The summed E-state index contributed by atoms with van der Waals surface area (Å²) in [7, 11) is 0. The fourth-order valence-corrected chi connectivity index (χ4v) is 4.16. The van der Waals surface area contributed by atoms with Crippen LogP contribution in [0.5, 0.6) is 0 Å². The van der Waals surface area contributed by atoms with Gasteiger partial charge in [-0.2, -0.15) is 11.8 Å². The molecule has 0 aromatic carbocycles. The molecule has 0 spiro atoms. The summed E-state index contributed by atoms with van der Waals surface area (Å²) in [4.78, 5) is 3.81. The highest BCUT2D eigenvalue weighted by Gasteiger charge is 2.21. The lowest BCUT2D eigenvalue weighted by Crippen LogP contribution is -2.34. The van der Waals surface area contributed by atoms with Gasteiger partial charge in [0.15, 0.2) is 0 Å². The third kappa shape index (κ3) is 3.14. The first kappa shape index (κ1) is 12.7. The lowest BCUT2D eigenvalue weighted by molar-refractivity contribution is 0.221. The minimum Gasteiger partial charge on any atom is -0.329 e. The summed E-state index contributed by atoms with van der Waals surface area (Å²) in [6.07, 6.45) is 1.26. The fourth-order valence-electron chi connectivity index (χ4n) is 2.03. The Hall–Kier alpha value is 0.260. The van der Waals surface area contributed by atoms with Crippen LogP contribution in [0, 0.1) is 0 Å². The van der Waals surface area contributed by atoms with E-state index >= 15 is 0 Å². The van der Waals surface area contributed by atoms with E-state index in [0.717, 1.165) is 18.1 Å². The maximum atomic E-state index is 5.98. The molecule has 0 radical (unpaired) electrons. The maximum absolute atomic E-state index is 5.98. The van der Waals surface area contributed by atoms with E-state index in [0.29, 0.717) is 12.6 Å². The molecule has 16 heavy (non-hydrogen) atoms. The first-order chi connectivity index (χ1) is 7.81. The SMILES string of the molecule is NCC(c1cc(Cl)cs1)N1CCCSCC1. The minimum absolute atomic E-state index is 0.358.